The maximum atomic E-state index is 5.84. The van der Waals surface area contributed by atoms with Gasteiger partial charge < -0.3 is 4.74 Å². The molecule has 0 N–H and O–H groups in total. The van der Waals surface area contributed by atoms with Crippen molar-refractivity contribution in [3.05, 3.63) is 47.3 Å². The maximum Gasteiger partial charge on any atom is 0.130 e. The zero-order valence-corrected chi connectivity index (χ0v) is 13.2. The zero-order valence-electron chi connectivity index (χ0n) is 12.4. The third-order valence-electron chi connectivity index (χ3n) is 2.96. The van der Waals surface area contributed by atoms with Crippen LogP contribution in [0.4, 0.5) is 0 Å². The highest BCUT2D eigenvalue weighted by molar-refractivity contribution is 6.18. The number of rotatable bonds is 5. The minimum absolute atomic E-state index is 0.507. The fourth-order valence-electron chi connectivity index (χ4n) is 2.02. The predicted octanol–water partition coefficient (Wildman–Crippen LogP) is 3.77. The lowest BCUT2D eigenvalue weighted by Gasteiger charge is -2.08. The van der Waals surface area contributed by atoms with Crippen LogP contribution in [0.3, 0.4) is 0 Å². The molecule has 0 atom stereocenters. The second-order valence-electron chi connectivity index (χ2n) is 4.65. The molecule has 0 fully saturated rings. The van der Waals surface area contributed by atoms with Crippen LogP contribution in [0.15, 0.2) is 30.3 Å². The maximum absolute atomic E-state index is 5.84. The number of halogens is 1. The summed E-state index contributed by atoms with van der Waals surface area (Å²) < 4.78 is 7.80. The van der Waals surface area contributed by atoms with E-state index in [1.54, 1.807) is 0 Å². The largest absolute Gasteiger partial charge is 0.487 e. The molecule has 0 aliphatic carbocycles. The first-order valence-electron chi connectivity index (χ1n) is 7.04. The van der Waals surface area contributed by atoms with Crippen molar-refractivity contribution in [2.24, 2.45) is 0 Å². The molecule has 0 radical (unpaired) electrons. The number of hydrogen-bond donors (Lipinski definition) is 0. The van der Waals surface area contributed by atoms with E-state index in [1.165, 1.54) is 0 Å². The van der Waals surface area contributed by atoms with Crippen molar-refractivity contribution in [2.45, 2.75) is 33.4 Å². The molecule has 4 heteroatoms. The summed E-state index contributed by atoms with van der Waals surface area (Å²) in [6.45, 7) is 5.41. The van der Waals surface area contributed by atoms with E-state index in [4.69, 9.17) is 16.3 Å². The van der Waals surface area contributed by atoms with Gasteiger partial charge >= 0.3 is 0 Å². The molecule has 110 valence electrons. The number of aromatic nitrogens is 2. The van der Waals surface area contributed by atoms with Crippen LogP contribution in [0, 0.1) is 18.8 Å². The smallest absolute Gasteiger partial charge is 0.130 e. The Morgan fingerprint density at radius 3 is 2.95 bits per heavy atom. The molecule has 1 heterocycles. The van der Waals surface area contributed by atoms with Gasteiger partial charge in [0.2, 0.25) is 0 Å². The van der Waals surface area contributed by atoms with Crippen molar-refractivity contribution in [3.8, 4) is 17.6 Å². The number of nitrogens with zero attached hydrogens (tertiary/aromatic N) is 2. The van der Waals surface area contributed by atoms with Crippen LogP contribution in [0.1, 0.15) is 30.3 Å². The van der Waals surface area contributed by atoms with Crippen molar-refractivity contribution in [3.63, 3.8) is 0 Å². The van der Waals surface area contributed by atoms with Crippen LogP contribution in [0.2, 0.25) is 0 Å². The standard InChI is InChI=1S/C17H19ClN2O/c1-3-20-16(11-14(2)19-20)13-21-17-9-6-8-15(12-17)7-4-5-10-18/h6,8-9,11-12H,3,5,10,13H2,1-2H3. The normalized spacial score (nSPS) is 10.0. The van der Waals surface area contributed by atoms with Gasteiger partial charge in [-0.1, -0.05) is 17.9 Å². The molecule has 0 spiro atoms. The van der Waals surface area contributed by atoms with Crippen LogP contribution >= 0.6 is 11.6 Å². The Kier molecular flexibility index (Phi) is 5.71. The minimum atomic E-state index is 0.507. The van der Waals surface area contributed by atoms with Crippen LogP contribution in [0.5, 0.6) is 5.75 Å². The van der Waals surface area contributed by atoms with Gasteiger partial charge in [0.15, 0.2) is 0 Å². The van der Waals surface area contributed by atoms with Crippen LogP contribution < -0.4 is 4.74 Å². The van der Waals surface area contributed by atoms with Gasteiger partial charge in [-0.25, -0.2) is 0 Å². The van der Waals surface area contributed by atoms with Gasteiger partial charge in [0, 0.05) is 24.4 Å². The minimum Gasteiger partial charge on any atom is -0.487 e. The van der Waals surface area contributed by atoms with E-state index in [-0.39, 0.29) is 0 Å². The SMILES string of the molecule is CCn1nc(C)cc1COc1cccc(C#CCCCl)c1. The zero-order chi connectivity index (χ0) is 15.1. The summed E-state index contributed by atoms with van der Waals surface area (Å²) in [5.74, 6) is 7.47. The molecule has 1 aromatic carbocycles. The number of aryl methyl sites for hydroxylation is 2. The van der Waals surface area contributed by atoms with Gasteiger partial charge in [-0.05, 0) is 38.1 Å². The average molecular weight is 303 g/mol. The monoisotopic (exact) mass is 302 g/mol. The quantitative estimate of drug-likeness (QED) is 0.621. The van der Waals surface area contributed by atoms with Crippen molar-refractivity contribution < 1.29 is 4.74 Å². The highest BCUT2D eigenvalue weighted by Gasteiger charge is 2.05. The molecule has 0 unspecified atom stereocenters. The lowest BCUT2D eigenvalue weighted by molar-refractivity contribution is 0.292. The van der Waals surface area contributed by atoms with E-state index in [2.05, 4.69) is 23.9 Å². The molecular weight excluding hydrogens is 284 g/mol. The molecule has 0 aliphatic heterocycles. The predicted molar refractivity (Wildman–Crippen MR) is 85.6 cm³/mol. The Bertz CT molecular complexity index is 652. The Morgan fingerprint density at radius 2 is 2.19 bits per heavy atom. The second kappa shape index (κ2) is 7.75. The first-order valence-corrected chi connectivity index (χ1v) is 7.57. The average Bonchev–Trinajstić information content (AvgIpc) is 2.86. The van der Waals surface area contributed by atoms with Crippen molar-refractivity contribution >= 4 is 11.6 Å². The van der Waals surface area contributed by atoms with E-state index >= 15 is 0 Å². The van der Waals surface area contributed by atoms with Gasteiger partial charge in [-0.3, -0.25) is 4.68 Å². The summed E-state index contributed by atoms with van der Waals surface area (Å²) in [6, 6.07) is 9.84. The molecule has 21 heavy (non-hydrogen) atoms. The third kappa shape index (κ3) is 4.54. The van der Waals surface area contributed by atoms with Gasteiger partial charge in [0.25, 0.3) is 0 Å². The molecular formula is C17H19ClN2O. The summed E-state index contributed by atoms with van der Waals surface area (Å²) in [5.41, 5.74) is 3.03. The molecule has 2 rings (SSSR count). The van der Waals surface area contributed by atoms with E-state index in [0.29, 0.717) is 18.9 Å². The Labute approximate surface area is 130 Å². The fourth-order valence-corrected chi connectivity index (χ4v) is 2.12. The molecule has 1 aromatic heterocycles. The molecule has 0 saturated heterocycles. The molecule has 0 amide bonds. The summed E-state index contributed by atoms with van der Waals surface area (Å²) in [6.07, 6.45) is 0.696. The number of benzene rings is 1. The third-order valence-corrected chi connectivity index (χ3v) is 3.15. The van der Waals surface area contributed by atoms with E-state index in [9.17, 15) is 0 Å². The van der Waals surface area contributed by atoms with Crippen molar-refractivity contribution in [1.29, 1.82) is 0 Å². The first-order chi connectivity index (χ1) is 10.2. The summed E-state index contributed by atoms with van der Waals surface area (Å²) in [4.78, 5) is 0. The first kappa shape index (κ1) is 15.5. The molecule has 2 aromatic rings. The number of ether oxygens (including phenoxy) is 1. The van der Waals surface area contributed by atoms with Gasteiger partial charge in [-0.2, -0.15) is 5.10 Å². The Balaban J connectivity index is 2.03. The van der Waals surface area contributed by atoms with Gasteiger partial charge in [0.1, 0.15) is 12.4 Å². The van der Waals surface area contributed by atoms with Gasteiger partial charge in [0.05, 0.1) is 11.4 Å². The van der Waals surface area contributed by atoms with Crippen LogP contribution in [0.25, 0.3) is 0 Å². The van der Waals surface area contributed by atoms with E-state index in [0.717, 1.165) is 29.2 Å². The van der Waals surface area contributed by atoms with E-state index in [1.807, 2.05) is 41.9 Å². The Hall–Kier alpha value is -1.92. The molecule has 3 nitrogen and oxygen atoms in total. The van der Waals surface area contributed by atoms with Gasteiger partial charge in [-0.15, -0.1) is 11.6 Å². The second-order valence-corrected chi connectivity index (χ2v) is 5.03. The van der Waals surface area contributed by atoms with Crippen molar-refractivity contribution in [2.75, 3.05) is 5.88 Å². The molecule has 0 saturated carbocycles. The molecule has 0 aliphatic rings. The van der Waals surface area contributed by atoms with Crippen LogP contribution in [-0.2, 0) is 13.2 Å². The summed E-state index contributed by atoms with van der Waals surface area (Å²) in [5, 5.41) is 4.41. The fraction of sp³-hybridized carbons (Fsp3) is 0.353. The molecule has 0 bridgehead atoms. The highest BCUT2D eigenvalue weighted by atomic mass is 35.5. The Morgan fingerprint density at radius 1 is 1.33 bits per heavy atom. The number of alkyl halides is 1. The summed E-state index contributed by atoms with van der Waals surface area (Å²) in [7, 11) is 0. The van der Waals surface area contributed by atoms with Crippen molar-refractivity contribution in [1.82, 2.24) is 9.78 Å². The van der Waals surface area contributed by atoms with Crippen LogP contribution in [-0.4, -0.2) is 15.7 Å². The topological polar surface area (TPSA) is 27.1 Å². The summed E-state index contributed by atoms with van der Waals surface area (Å²) >= 11 is 5.61. The lowest BCUT2D eigenvalue weighted by Crippen LogP contribution is -2.06. The number of hydrogen-bond acceptors (Lipinski definition) is 2. The highest BCUT2D eigenvalue weighted by Crippen LogP contribution is 2.15. The lowest BCUT2D eigenvalue weighted by atomic mass is 10.2. The van der Waals surface area contributed by atoms with E-state index < -0.39 is 0 Å².